The molecule has 0 heterocycles. The van der Waals surface area contributed by atoms with E-state index in [0.717, 1.165) is 6.42 Å². The summed E-state index contributed by atoms with van der Waals surface area (Å²) < 4.78 is 0. The van der Waals surface area contributed by atoms with Gasteiger partial charge in [-0.15, -0.1) is 0 Å². The maximum absolute atomic E-state index is 3.59. The molecule has 90 valence electrons. The second kappa shape index (κ2) is 14.0. The van der Waals surface area contributed by atoms with Crippen molar-refractivity contribution in [3.63, 3.8) is 0 Å². The van der Waals surface area contributed by atoms with Crippen molar-refractivity contribution in [2.45, 2.75) is 64.7 Å². The molecule has 0 aromatic carbocycles. The van der Waals surface area contributed by atoms with Gasteiger partial charge in [0.25, 0.3) is 0 Å². The lowest BCUT2D eigenvalue weighted by molar-refractivity contribution is 0.579. The number of hydrogen-bond donors (Lipinski definition) is 0. The molecule has 0 nitrogen and oxygen atoms in total. The highest BCUT2D eigenvalue weighted by Crippen LogP contribution is 2.08. The molecule has 0 aliphatic rings. The minimum atomic E-state index is 1.04. The zero-order valence-corrected chi connectivity index (χ0v) is 10.8. The Labute approximate surface area is 102 Å². The van der Waals surface area contributed by atoms with Gasteiger partial charge in [0.1, 0.15) is 0 Å². The molecule has 0 amide bonds. The third-order valence-corrected chi connectivity index (χ3v) is 2.57. The van der Waals surface area contributed by atoms with E-state index in [-0.39, 0.29) is 0 Å². The van der Waals surface area contributed by atoms with Crippen LogP contribution in [0.2, 0.25) is 0 Å². The van der Waals surface area contributed by atoms with Gasteiger partial charge in [-0.1, -0.05) is 82.4 Å². The van der Waals surface area contributed by atoms with Crippen LogP contribution in [0.1, 0.15) is 64.7 Å². The van der Waals surface area contributed by atoms with Gasteiger partial charge >= 0.3 is 0 Å². The van der Waals surface area contributed by atoms with Crippen LogP contribution in [0.15, 0.2) is 24.8 Å². The first kappa shape index (κ1) is 15.0. The van der Waals surface area contributed by atoms with Gasteiger partial charge in [0.15, 0.2) is 0 Å². The van der Waals surface area contributed by atoms with Crippen molar-refractivity contribution < 1.29 is 0 Å². The summed E-state index contributed by atoms with van der Waals surface area (Å²) in [6, 6.07) is 0. The Hall–Kier alpha value is -0.960. The van der Waals surface area contributed by atoms with Crippen molar-refractivity contribution in [2.75, 3.05) is 0 Å². The van der Waals surface area contributed by atoms with Gasteiger partial charge in [-0.25, -0.2) is 0 Å². The maximum Gasteiger partial charge on any atom is 0.00922 e. The number of rotatable bonds is 9. The van der Waals surface area contributed by atoms with Crippen LogP contribution in [0.3, 0.4) is 0 Å². The van der Waals surface area contributed by atoms with Crippen LogP contribution in [0, 0.1) is 11.8 Å². The quantitative estimate of drug-likeness (QED) is 0.281. The largest absolute Gasteiger partial charge is 0.0990 e. The molecule has 0 aromatic heterocycles. The van der Waals surface area contributed by atoms with Crippen LogP contribution in [-0.2, 0) is 0 Å². The predicted molar refractivity (Wildman–Crippen MR) is 74.3 cm³/mol. The van der Waals surface area contributed by atoms with E-state index < -0.39 is 0 Å². The standard InChI is InChI=1S/C16H26/c1-3-5-7-9-11-13-15-16-14-12-10-8-6-4-2/h3,5,7H,1,4,6,8,10,12-16H2,2H3/b7-5+. The van der Waals surface area contributed by atoms with E-state index in [1.54, 1.807) is 6.08 Å². The zero-order valence-electron chi connectivity index (χ0n) is 10.8. The molecule has 0 saturated carbocycles. The molecule has 0 aromatic rings. The van der Waals surface area contributed by atoms with E-state index in [1.807, 2.05) is 12.2 Å². The molecule has 0 aliphatic heterocycles. The highest BCUT2D eigenvalue weighted by Gasteiger charge is 1.89. The van der Waals surface area contributed by atoms with Crippen LogP contribution in [0.25, 0.3) is 0 Å². The van der Waals surface area contributed by atoms with Crippen LogP contribution in [-0.4, -0.2) is 0 Å². The van der Waals surface area contributed by atoms with E-state index in [2.05, 4.69) is 25.3 Å². The number of allylic oxidation sites excluding steroid dienone is 3. The second-order valence-electron chi connectivity index (χ2n) is 4.14. The molecule has 0 aliphatic carbocycles. The lowest BCUT2D eigenvalue weighted by Gasteiger charge is -1.98. The Morgan fingerprint density at radius 2 is 1.56 bits per heavy atom. The summed E-state index contributed by atoms with van der Waals surface area (Å²) in [5.74, 6) is 6.15. The normalized spacial score (nSPS) is 10.1. The van der Waals surface area contributed by atoms with E-state index in [1.165, 1.54) is 51.4 Å². The summed E-state index contributed by atoms with van der Waals surface area (Å²) in [6.45, 7) is 5.86. The summed E-state index contributed by atoms with van der Waals surface area (Å²) in [4.78, 5) is 0. The molecule has 16 heavy (non-hydrogen) atoms. The first-order chi connectivity index (χ1) is 7.91. The smallest absolute Gasteiger partial charge is 0.00922 e. The fourth-order valence-corrected chi connectivity index (χ4v) is 1.59. The van der Waals surface area contributed by atoms with Gasteiger partial charge in [-0.3, -0.25) is 0 Å². The highest BCUT2D eigenvalue weighted by atomic mass is 14.0. The fraction of sp³-hybridized carbons (Fsp3) is 0.625. The molecule has 0 rings (SSSR count). The first-order valence-electron chi connectivity index (χ1n) is 6.67. The van der Waals surface area contributed by atoms with Crippen LogP contribution in [0.4, 0.5) is 0 Å². The van der Waals surface area contributed by atoms with Crippen molar-refractivity contribution in [1.29, 1.82) is 0 Å². The summed E-state index contributed by atoms with van der Waals surface area (Å²) in [7, 11) is 0. The molecule has 0 N–H and O–H groups in total. The summed E-state index contributed by atoms with van der Waals surface area (Å²) in [5.41, 5.74) is 0. The third-order valence-electron chi connectivity index (χ3n) is 2.57. The van der Waals surface area contributed by atoms with Gasteiger partial charge in [-0.2, -0.15) is 0 Å². The first-order valence-corrected chi connectivity index (χ1v) is 6.67. The zero-order chi connectivity index (χ0) is 11.9. The Bertz CT molecular complexity index is 224. The molecule has 0 unspecified atom stereocenters. The van der Waals surface area contributed by atoms with E-state index in [0.29, 0.717) is 0 Å². The fourth-order valence-electron chi connectivity index (χ4n) is 1.59. The van der Waals surface area contributed by atoms with Crippen LogP contribution < -0.4 is 0 Å². The molecule has 0 spiro atoms. The van der Waals surface area contributed by atoms with E-state index >= 15 is 0 Å². The van der Waals surface area contributed by atoms with E-state index in [9.17, 15) is 0 Å². The Kier molecular flexibility index (Phi) is 13.2. The second-order valence-corrected chi connectivity index (χ2v) is 4.14. The van der Waals surface area contributed by atoms with Crippen molar-refractivity contribution in [3.8, 4) is 11.8 Å². The van der Waals surface area contributed by atoms with Gasteiger partial charge in [0.2, 0.25) is 0 Å². The minimum Gasteiger partial charge on any atom is -0.0990 e. The van der Waals surface area contributed by atoms with Gasteiger partial charge < -0.3 is 0 Å². The summed E-state index contributed by atoms with van der Waals surface area (Å²) in [5, 5.41) is 0. The molecule has 0 radical (unpaired) electrons. The average molecular weight is 218 g/mol. The molecule has 0 fully saturated rings. The van der Waals surface area contributed by atoms with Crippen molar-refractivity contribution >= 4 is 0 Å². The van der Waals surface area contributed by atoms with Crippen molar-refractivity contribution in [1.82, 2.24) is 0 Å². The van der Waals surface area contributed by atoms with Crippen LogP contribution in [0.5, 0.6) is 0 Å². The topological polar surface area (TPSA) is 0 Å². The monoisotopic (exact) mass is 218 g/mol. The summed E-state index contributed by atoms with van der Waals surface area (Å²) >= 11 is 0. The van der Waals surface area contributed by atoms with Crippen LogP contribution >= 0.6 is 0 Å². The molecule has 0 saturated heterocycles. The van der Waals surface area contributed by atoms with Crippen molar-refractivity contribution in [2.24, 2.45) is 0 Å². The SMILES string of the molecule is C=C/C=C/C#CCCCCCCCCCC. The number of unbranched alkanes of at least 4 members (excludes halogenated alkanes) is 8. The highest BCUT2D eigenvalue weighted by molar-refractivity contribution is 5.18. The molecule has 0 heteroatoms. The average Bonchev–Trinajstić information content (AvgIpc) is 2.31. The lowest BCUT2D eigenvalue weighted by atomic mass is 10.1. The van der Waals surface area contributed by atoms with Gasteiger partial charge in [0.05, 0.1) is 0 Å². The summed E-state index contributed by atoms with van der Waals surface area (Å²) in [6.07, 6.45) is 17.5. The predicted octanol–water partition coefficient (Wildman–Crippen LogP) is 5.26. The van der Waals surface area contributed by atoms with E-state index in [4.69, 9.17) is 0 Å². The lowest BCUT2D eigenvalue weighted by Crippen LogP contribution is -1.79. The molecular weight excluding hydrogens is 192 g/mol. The third kappa shape index (κ3) is 13.0. The Morgan fingerprint density at radius 1 is 0.938 bits per heavy atom. The Balaban J connectivity index is 3.11. The molecule has 0 atom stereocenters. The van der Waals surface area contributed by atoms with Gasteiger partial charge in [-0.05, 0) is 12.5 Å². The van der Waals surface area contributed by atoms with Crippen molar-refractivity contribution in [3.05, 3.63) is 24.8 Å². The van der Waals surface area contributed by atoms with Gasteiger partial charge in [0, 0.05) is 6.42 Å². The Morgan fingerprint density at radius 3 is 2.19 bits per heavy atom. The molecular formula is C16H26. The molecule has 0 bridgehead atoms. The minimum absolute atomic E-state index is 1.04. The maximum atomic E-state index is 3.59. The number of hydrogen-bond acceptors (Lipinski definition) is 0.